The molecule has 1 amide bonds. The van der Waals surface area contributed by atoms with Crippen LogP contribution in [0.4, 0.5) is 10.1 Å². The van der Waals surface area contributed by atoms with Crippen molar-refractivity contribution in [3.05, 3.63) is 52.3 Å². The van der Waals surface area contributed by atoms with Crippen LogP contribution in [0.2, 0.25) is 5.02 Å². The predicted molar refractivity (Wildman–Crippen MR) is 75.6 cm³/mol. The molecule has 0 aliphatic heterocycles. The van der Waals surface area contributed by atoms with E-state index in [0.717, 1.165) is 11.6 Å². The quantitative estimate of drug-likeness (QED) is 0.853. The molecule has 104 valence electrons. The Kier molecular flexibility index (Phi) is 3.81. The second kappa shape index (κ2) is 5.38. The average molecular weight is 295 g/mol. The second-order valence-electron chi connectivity index (χ2n) is 4.25. The summed E-state index contributed by atoms with van der Waals surface area (Å²) >= 11 is 5.83. The average Bonchev–Trinajstić information content (AvgIpc) is 2.35. The van der Waals surface area contributed by atoms with E-state index in [1.165, 1.54) is 6.07 Å². The number of carbonyl (C=O) groups excluding carboxylic acids is 1. The maximum Gasteiger partial charge on any atom is 0.250 e. The maximum atomic E-state index is 13.8. The number of halogens is 2. The zero-order valence-electron chi connectivity index (χ0n) is 10.6. The predicted octanol–water partition coefficient (Wildman–Crippen LogP) is 3.26. The van der Waals surface area contributed by atoms with Crippen molar-refractivity contribution in [3.63, 3.8) is 0 Å². The fourth-order valence-corrected chi connectivity index (χ4v) is 1.93. The van der Waals surface area contributed by atoms with Crippen molar-refractivity contribution in [1.82, 2.24) is 0 Å². The molecule has 0 saturated heterocycles. The van der Waals surface area contributed by atoms with E-state index in [-0.39, 0.29) is 17.0 Å². The summed E-state index contributed by atoms with van der Waals surface area (Å²) in [4.78, 5) is 11.2. The van der Waals surface area contributed by atoms with Gasteiger partial charge in [-0.05, 0) is 36.8 Å². The van der Waals surface area contributed by atoms with Gasteiger partial charge in [0.1, 0.15) is 5.75 Å². The summed E-state index contributed by atoms with van der Waals surface area (Å²) in [6.07, 6.45) is 0. The maximum absolute atomic E-state index is 13.8. The first kappa shape index (κ1) is 14.1. The van der Waals surface area contributed by atoms with Crippen molar-refractivity contribution in [3.8, 4) is 11.5 Å². The van der Waals surface area contributed by atoms with Gasteiger partial charge in [-0.1, -0.05) is 11.6 Å². The van der Waals surface area contributed by atoms with Crippen LogP contribution in [0.3, 0.4) is 0 Å². The lowest BCUT2D eigenvalue weighted by Crippen LogP contribution is -2.14. The van der Waals surface area contributed by atoms with Gasteiger partial charge in [-0.2, -0.15) is 0 Å². The molecule has 0 aliphatic rings. The van der Waals surface area contributed by atoms with E-state index in [1.807, 2.05) is 0 Å². The second-order valence-corrected chi connectivity index (χ2v) is 4.68. The van der Waals surface area contributed by atoms with Gasteiger partial charge in [0.05, 0.1) is 5.56 Å². The fraction of sp³-hybridized carbons (Fsp3) is 0.0714. The minimum absolute atomic E-state index is 0.00742. The van der Waals surface area contributed by atoms with Crippen LogP contribution in [0.5, 0.6) is 11.5 Å². The van der Waals surface area contributed by atoms with E-state index in [4.69, 9.17) is 27.8 Å². The number of benzene rings is 2. The van der Waals surface area contributed by atoms with Gasteiger partial charge in [-0.15, -0.1) is 0 Å². The summed E-state index contributed by atoms with van der Waals surface area (Å²) in [6.45, 7) is 1.77. The van der Waals surface area contributed by atoms with Crippen LogP contribution in [0.15, 0.2) is 30.3 Å². The highest BCUT2D eigenvalue weighted by Crippen LogP contribution is 2.31. The summed E-state index contributed by atoms with van der Waals surface area (Å²) in [7, 11) is 0. The minimum Gasteiger partial charge on any atom is -0.454 e. The lowest BCUT2D eigenvalue weighted by atomic mass is 10.1. The lowest BCUT2D eigenvalue weighted by Gasteiger charge is -2.11. The van der Waals surface area contributed by atoms with E-state index in [2.05, 4.69) is 0 Å². The van der Waals surface area contributed by atoms with Crippen molar-refractivity contribution in [2.75, 3.05) is 5.73 Å². The molecule has 0 radical (unpaired) electrons. The molecule has 4 nitrogen and oxygen atoms in total. The molecule has 0 bridgehead atoms. The zero-order chi connectivity index (χ0) is 14.9. The number of anilines is 1. The molecule has 20 heavy (non-hydrogen) atoms. The number of amides is 1. The Morgan fingerprint density at radius 2 is 1.95 bits per heavy atom. The highest BCUT2D eigenvalue weighted by molar-refractivity contribution is 6.30. The Balaban J connectivity index is 2.43. The number of hydrogen-bond acceptors (Lipinski definition) is 3. The largest absolute Gasteiger partial charge is 0.454 e. The molecule has 6 heteroatoms. The van der Waals surface area contributed by atoms with E-state index >= 15 is 0 Å². The first-order chi connectivity index (χ1) is 9.38. The van der Waals surface area contributed by atoms with Gasteiger partial charge in [-0.3, -0.25) is 4.79 Å². The summed E-state index contributed by atoms with van der Waals surface area (Å²) in [5.74, 6) is -1.13. The first-order valence-electron chi connectivity index (χ1n) is 5.71. The Morgan fingerprint density at radius 3 is 2.55 bits per heavy atom. The molecule has 0 aliphatic carbocycles. The van der Waals surface area contributed by atoms with Gasteiger partial charge >= 0.3 is 0 Å². The third-order valence-corrected chi connectivity index (χ3v) is 2.96. The number of aryl methyl sites for hydroxylation is 1. The van der Waals surface area contributed by atoms with E-state index in [0.29, 0.717) is 10.8 Å². The number of hydrogen-bond donors (Lipinski definition) is 2. The fourth-order valence-electron chi connectivity index (χ4n) is 1.71. The third-order valence-electron chi connectivity index (χ3n) is 2.73. The van der Waals surface area contributed by atoms with Crippen LogP contribution in [-0.4, -0.2) is 5.91 Å². The van der Waals surface area contributed by atoms with Gasteiger partial charge < -0.3 is 16.2 Å². The SMILES string of the molecule is Cc1cc(Cl)ccc1Oc1cc(C(N)=O)c(N)cc1F. The normalized spacial score (nSPS) is 10.3. The van der Waals surface area contributed by atoms with E-state index in [1.54, 1.807) is 25.1 Å². The summed E-state index contributed by atoms with van der Waals surface area (Å²) in [6, 6.07) is 7.09. The summed E-state index contributed by atoms with van der Waals surface area (Å²) < 4.78 is 19.3. The molecule has 0 aromatic heterocycles. The Bertz CT molecular complexity index is 689. The molecular weight excluding hydrogens is 283 g/mol. The van der Waals surface area contributed by atoms with Crippen molar-refractivity contribution < 1.29 is 13.9 Å². The van der Waals surface area contributed by atoms with Crippen molar-refractivity contribution >= 4 is 23.2 Å². The Morgan fingerprint density at radius 1 is 1.25 bits per heavy atom. The lowest BCUT2D eigenvalue weighted by molar-refractivity contribution is 0.100. The van der Waals surface area contributed by atoms with Crippen LogP contribution >= 0.6 is 11.6 Å². The Labute approximate surface area is 120 Å². The number of nitrogens with two attached hydrogens (primary N) is 2. The number of nitrogen functional groups attached to an aromatic ring is 1. The van der Waals surface area contributed by atoms with E-state index in [9.17, 15) is 9.18 Å². The molecule has 0 fully saturated rings. The van der Waals surface area contributed by atoms with Gasteiger partial charge in [0.2, 0.25) is 0 Å². The van der Waals surface area contributed by atoms with Crippen LogP contribution in [0.1, 0.15) is 15.9 Å². The van der Waals surface area contributed by atoms with Gasteiger partial charge in [0.25, 0.3) is 5.91 Å². The van der Waals surface area contributed by atoms with Crippen molar-refractivity contribution in [2.24, 2.45) is 5.73 Å². The monoisotopic (exact) mass is 294 g/mol. The van der Waals surface area contributed by atoms with Crippen LogP contribution in [0, 0.1) is 12.7 Å². The topological polar surface area (TPSA) is 78.3 Å². The summed E-state index contributed by atoms with van der Waals surface area (Å²) in [5.41, 5.74) is 11.4. The molecule has 2 aromatic rings. The standard InChI is InChI=1S/C14H12ClFN2O2/c1-7-4-8(15)2-3-12(7)20-13-5-9(14(18)19)11(17)6-10(13)16/h2-6H,17H2,1H3,(H2,18,19). The highest BCUT2D eigenvalue weighted by Gasteiger charge is 2.14. The van der Waals surface area contributed by atoms with Crippen LogP contribution < -0.4 is 16.2 Å². The minimum atomic E-state index is -0.750. The van der Waals surface area contributed by atoms with Gasteiger partial charge in [0.15, 0.2) is 11.6 Å². The summed E-state index contributed by atoms with van der Waals surface area (Å²) in [5, 5.41) is 0.547. The molecule has 0 spiro atoms. The highest BCUT2D eigenvalue weighted by atomic mass is 35.5. The number of rotatable bonds is 3. The molecule has 0 saturated carbocycles. The first-order valence-corrected chi connectivity index (χ1v) is 6.09. The smallest absolute Gasteiger partial charge is 0.250 e. The van der Waals surface area contributed by atoms with Crippen LogP contribution in [0.25, 0.3) is 0 Å². The van der Waals surface area contributed by atoms with Crippen LogP contribution in [-0.2, 0) is 0 Å². The third kappa shape index (κ3) is 2.83. The Hall–Kier alpha value is -2.27. The molecular formula is C14H12ClFN2O2. The molecule has 0 heterocycles. The number of primary amides is 1. The molecule has 2 aromatic carbocycles. The number of ether oxygens (including phenoxy) is 1. The zero-order valence-corrected chi connectivity index (χ0v) is 11.4. The number of carbonyl (C=O) groups is 1. The molecule has 4 N–H and O–H groups in total. The molecule has 0 atom stereocenters. The van der Waals surface area contributed by atoms with E-state index < -0.39 is 11.7 Å². The molecule has 2 rings (SSSR count). The van der Waals surface area contributed by atoms with Crippen molar-refractivity contribution in [1.29, 1.82) is 0 Å². The van der Waals surface area contributed by atoms with Gasteiger partial charge in [0, 0.05) is 16.8 Å². The molecule has 0 unspecified atom stereocenters. The van der Waals surface area contributed by atoms with Gasteiger partial charge in [-0.25, -0.2) is 4.39 Å². The van der Waals surface area contributed by atoms with Crippen molar-refractivity contribution in [2.45, 2.75) is 6.92 Å².